The van der Waals surface area contributed by atoms with Crippen molar-refractivity contribution in [3.05, 3.63) is 45.8 Å². The molecule has 0 saturated carbocycles. The first-order chi connectivity index (χ1) is 14.0. The molecule has 3 aromatic rings. The fourth-order valence-electron chi connectivity index (χ4n) is 2.72. The normalized spacial score (nSPS) is 12.8. The van der Waals surface area contributed by atoms with E-state index in [4.69, 9.17) is 4.74 Å². The van der Waals surface area contributed by atoms with Gasteiger partial charge in [0.15, 0.2) is 17.4 Å². The maximum atomic E-state index is 12.0. The summed E-state index contributed by atoms with van der Waals surface area (Å²) < 4.78 is 7.01. The van der Waals surface area contributed by atoms with Gasteiger partial charge in [-0.3, -0.25) is 4.40 Å². The molecule has 0 fully saturated rings. The van der Waals surface area contributed by atoms with Crippen LogP contribution in [0.15, 0.2) is 29.4 Å². The molecule has 1 atom stereocenters. The van der Waals surface area contributed by atoms with Crippen LogP contribution in [0.3, 0.4) is 0 Å². The number of aromatic nitrogens is 4. The van der Waals surface area contributed by atoms with Crippen LogP contribution in [0.4, 0.5) is 0 Å². The third-order valence-electron chi connectivity index (χ3n) is 4.10. The number of ether oxygens (including phenoxy) is 1. The van der Waals surface area contributed by atoms with Crippen LogP contribution in [0.5, 0.6) is 0 Å². The topological polar surface area (TPSA) is 106 Å². The van der Waals surface area contributed by atoms with E-state index in [1.165, 1.54) is 11.3 Å². The first kappa shape index (κ1) is 20.7. The molecule has 3 heterocycles. The number of fused-ring (bicyclic) bond motifs is 1. The molecule has 10 heteroatoms. The Kier molecular flexibility index (Phi) is 6.76. The number of nitrogens with one attached hydrogen (secondary N) is 2. The summed E-state index contributed by atoms with van der Waals surface area (Å²) in [6, 6.07) is 5.62. The second kappa shape index (κ2) is 9.46. The average molecular weight is 416 g/mol. The fourth-order valence-corrected chi connectivity index (χ4v) is 3.69. The zero-order valence-corrected chi connectivity index (χ0v) is 17.8. The van der Waals surface area contributed by atoms with E-state index in [1.54, 1.807) is 6.92 Å². The van der Waals surface area contributed by atoms with Crippen molar-refractivity contribution in [2.24, 2.45) is 4.99 Å². The minimum atomic E-state index is -0.333. The molecule has 0 saturated heterocycles. The molecule has 9 nitrogen and oxygen atoms in total. The molecule has 0 spiro atoms. The van der Waals surface area contributed by atoms with Crippen LogP contribution < -0.4 is 10.6 Å². The van der Waals surface area contributed by atoms with Gasteiger partial charge in [-0.2, -0.15) is 0 Å². The van der Waals surface area contributed by atoms with Crippen molar-refractivity contribution in [1.82, 2.24) is 30.2 Å². The van der Waals surface area contributed by atoms with Crippen molar-refractivity contribution in [2.75, 3.05) is 13.2 Å². The number of thiazole rings is 1. The molecule has 3 aromatic heterocycles. The summed E-state index contributed by atoms with van der Waals surface area (Å²) in [5, 5.41) is 15.7. The molecule has 0 aromatic carbocycles. The number of esters is 1. The number of nitrogens with zero attached hydrogens (tertiary/aromatic N) is 5. The minimum absolute atomic E-state index is 0.130. The summed E-state index contributed by atoms with van der Waals surface area (Å²) in [7, 11) is 0. The van der Waals surface area contributed by atoms with Gasteiger partial charge in [-0.15, -0.1) is 21.5 Å². The summed E-state index contributed by atoms with van der Waals surface area (Å²) in [6.45, 7) is 9.01. The third-order valence-corrected chi connectivity index (χ3v) is 5.42. The Balaban J connectivity index is 1.73. The van der Waals surface area contributed by atoms with Crippen molar-refractivity contribution in [3.8, 4) is 0 Å². The van der Waals surface area contributed by atoms with Crippen LogP contribution in [0.1, 0.15) is 53.0 Å². The highest BCUT2D eigenvalue weighted by Crippen LogP contribution is 2.24. The first-order valence-corrected chi connectivity index (χ1v) is 10.3. The highest BCUT2D eigenvalue weighted by atomic mass is 32.1. The lowest BCUT2D eigenvalue weighted by Crippen LogP contribution is -2.38. The Morgan fingerprint density at radius 2 is 2.17 bits per heavy atom. The van der Waals surface area contributed by atoms with Gasteiger partial charge in [0.25, 0.3) is 0 Å². The van der Waals surface area contributed by atoms with Gasteiger partial charge in [-0.25, -0.2) is 14.8 Å². The standard InChI is InChI=1S/C19H25N7O2S/c1-5-20-19(21-11-15-25-24-14-9-7-8-10-26(14)15)23-13(4)17-22-12(3)16(29-17)18(27)28-6-2/h7-10,13H,5-6,11H2,1-4H3,(H2,20,21,23). The maximum Gasteiger partial charge on any atom is 0.350 e. The van der Waals surface area contributed by atoms with Crippen molar-refractivity contribution >= 4 is 28.9 Å². The Morgan fingerprint density at radius 1 is 1.34 bits per heavy atom. The number of hydrogen-bond acceptors (Lipinski definition) is 7. The van der Waals surface area contributed by atoms with E-state index >= 15 is 0 Å². The predicted octanol–water partition coefficient (Wildman–Crippen LogP) is 2.49. The lowest BCUT2D eigenvalue weighted by atomic mass is 10.3. The monoisotopic (exact) mass is 415 g/mol. The van der Waals surface area contributed by atoms with Gasteiger partial charge in [0.05, 0.1) is 18.3 Å². The smallest absolute Gasteiger partial charge is 0.350 e. The Morgan fingerprint density at radius 3 is 2.93 bits per heavy atom. The first-order valence-electron chi connectivity index (χ1n) is 9.51. The Bertz CT molecular complexity index is 1010. The van der Waals surface area contributed by atoms with Crippen molar-refractivity contribution < 1.29 is 9.53 Å². The number of pyridine rings is 1. The molecule has 29 heavy (non-hydrogen) atoms. The summed E-state index contributed by atoms with van der Waals surface area (Å²) in [6.07, 6.45) is 1.92. The largest absolute Gasteiger partial charge is 0.462 e. The number of carbonyl (C=O) groups excluding carboxylic acids is 1. The fraction of sp³-hybridized carbons (Fsp3) is 0.421. The molecule has 2 N–H and O–H groups in total. The van der Waals surface area contributed by atoms with Gasteiger partial charge >= 0.3 is 5.97 Å². The van der Waals surface area contributed by atoms with Crippen LogP contribution in [0.25, 0.3) is 5.65 Å². The second-order valence-electron chi connectivity index (χ2n) is 6.29. The molecule has 0 aliphatic carbocycles. The van der Waals surface area contributed by atoms with E-state index in [0.717, 1.165) is 16.5 Å². The quantitative estimate of drug-likeness (QED) is 0.347. The number of guanidine groups is 1. The van der Waals surface area contributed by atoms with E-state index in [9.17, 15) is 4.79 Å². The molecule has 0 radical (unpaired) electrons. The number of aryl methyl sites for hydroxylation is 1. The number of rotatable bonds is 7. The minimum Gasteiger partial charge on any atom is -0.462 e. The summed E-state index contributed by atoms with van der Waals surface area (Å²) in [5.74, 6) is 1.05. The number of carbonyl (C=O) groups is 1. The van der Waals surface area contributed by atoms with Crippen molar-refractivity contribution in [2.45, 2.75) is 40.3 Å². The molecule has 154 valence electrons. The van der Waals surface area contributed by atoms with Crippen LogP contribution in [0, 0.1) is 6.92 Å². The van der Waals surface area contributed by atoms with E-state index in [-0.39, 0.29) is 12.0 Å². The Hall–Kier alpha value is -3.01. The highest BCUT2D eigenvalue weighted by molar-refractivity contribution is 7.13. The van der Waals surface area contributed by atoms with Gasteiger partial charge in [0.2, 0.25) is 0 Å². The van der Waals surface area contributed by atoms with Gasteiger partial charge in [-0.1, -0.05) is 6.07 Å². The Labute approximate surface area is 173 Å². The number of hydrogen-bond donors (Lipinski definition) is 2. The van der Waals surface area contributed by atoms with E-state index in [0.29, 0.717) is 36.2 Å². The van der Waals surface area contributed by atoms with Crippen LogP contribution in [-0.4, -0.2) is 44.7 Å². The average Bonchev–Trinajstić information content (AvgIpc) is 3.30. The van der Waals surface area contributed by atoms with E-state index < -0.39 is 0 Å². The third kappa shape index (κ3) is 4.89. The maximum absolute atomic E-state index is 12.0. The lowest BCUT2D eigenvalue weighted by molar-refractivity contribution is 0.0531. The van der Waals surface area contributed by atoms with Crippen molar-refractivity contribution in [3.63, 3.8) is 0 Å². The van der Waals surface area contributed by atoms with Gasteiger partial charge < -0.3 is 15.4 Å². The number of aliphatic imine (C=N–C) groups is 1. The highest BCUT2D eigenvalue weighted by Gasteiger charge is 2.20. The van der Waals surface area contributed by atoms with E-state index in [1.807, 2.05) is 49.6 Å². The molecule has 0 aliphatic rings. The van der Waals surface area contributed by atoms with Crippen LogP contribution in [-0.2, 0) is 11.3 Å². The molecule has 0 amide bonds. The summed E-state index contributed by atoms with van der Waals surface area (Å²) >= 11 is 1.34. The van der Waals surface area contributed by atoms with Crippen LogP contribution in [0.2, 0.25) is 0 Å². The molecule has 0 aliphatic heterocycles. The molecular formula is C19H25N7O2S. The SMILES string of the molecule is CCNC(=NCc1nnc2ccccn12)NC(C)c1nc(C)c(C(=O)OCC)s1. The van der Waals surface area contributed by atoms with Gasteiger partial charge in [0, 0.05) is 12.7 Å². The summed E-state index contributed by atoms with van der Waals surface area (Å²) in [5.41, 5.74) is 1.46. The molecule has 0 bridgehead atoms. The molecule has 1 unspecified atom stereocenters. The lowest BCUT2D eigenvalue weighted by Gasteiger charge is -2.15. The second-order valence-corrected chi connectivity index (χ2v) is 7.32. The zero-order valence-electron chi connectivity index (χ0n) is 17.0. The van der Waals surface area contributed by atoms with Gasteiger partial charge in [0.1, 0.15) is 16.4 Å². The molecule has 3 rings (SSSR count). The van der Waals surface area contributed by atoms with E-state index in [2.05, 4.69) is 30.8 Å². The zero-order chi connectivity index (χ0) is 20.8. The van der Waals surface area contributed by atoms with Crippen molar-refractivity contribution in [1.29, 1.82) is 0 Å². The molecular weight excluding hydrogens is 390 g/mol. The predicted molar refractivity (Wildman–Crippen MR) is 112 cm³/mol. The summed E-state index contributed by atoms with van der Waals surface area (Å²) in [4.78, 5) is 21.7. The van der Waals surface area contributed by atoms with Crippen LogP contribution >= 0.6 is 11.3 Å². The van der Waals surface area contributed by atoms with Gasteiger partial charge in [-0.05, 0) is 39.8 Å².